The average molecular weight is 402 g/mol. The van der Waals surface area contributed by atoms with Gasteiger partial charge in [0, 0.05) is 28.1 Å². The van der Waals surface area contributed by atoms with Gasteiger partial charge in [-0.3, -0.25) is 4.90 Å². The van der Waals surface area contributed by atoms with Crippen LogP contribution in [0.2, 0.25) is 0 Å². The van der Waals surface area contributed by atoms with E-state index in [2.05, 4.69) is 0 Å². The summed E-state index contributed by atoms with van der Waals surface area (Å²) in [5.41, 5.74) is 4.50. The minimum absolute atomic E-state index is 0.196. The molecule has 5 heteroatoms. The molecule has 0 spiro atoms. The van der Waals surface area contributed by atoms with Crippen LogP contribution in [0.15, 0.2) is 75.9 Å². The van der Waals surface area contributed by atoms with Crippen LogP contribution in [-0.2, 0) is 13.1 Å². The first-order valence-corrected chi connectivity index (χ1v) is 9.95. The Labute approximate surface area is 173 Å². The van der Waals surface area contributed by atoms with Crippen LogP contribution in [-0.4, -0.2) is 6.73 Å². The van der Waals surface area contributed by atoms with E-state index in [1.807, 2.05) is 55.5 Å². The highest BCUT2D eigenvalue weighted by molar-refractivity contribution is 5.96. The van der Waals surface area contributed by atoms with Gasteiger partial charge in [0.15, 0.2) is 0 Å². The molecule has 3 aromatic carbocycles. The lowest BCUT2D eigenvalue weighted by Crippen LogP contribution is -3.11. The summed E-state index contributed by atoms with van der Waals surface area (Å²) in [6, 6.07) is 20.2. The van der Waals surface area contributed by atoms with Crippen molar-refractivity contribution in [2.24, 2.45) is 0 Å². The molecule has 1 aliphatic heterocycles. The minimum atomic E-state index is -0.382. The van der Waals surface area contributed by atoms with E-state index in [1.165, 1.54) is 12.1 Å². The van der Waals surface area contributed by atoms with Gasteiger partial charge in [0.1, 0.15) is 30.2 Å². The van der Waals surface area contributed by atoms with Crippen molar-refractivity contribution in [2.75, 3.05) is 6.73 Å². The summed E-state index contributed by atoms with van der Waals surface area (Å²) in [5, 5.41) is 0.882. The van der Waals surface area contributed by atoms with Crippen molar-refractivity contribution < 1.29 is 18.4 Å². The summed E-state index contributed by atoms with van der Waals surface area (Å²) < 4.78 is 25.7. The smallest absolute Gasteiger partial charge is 0.336 e. The van der Waals surface area contributed by atoms with Gasteiger partial charge in [-0.05, 0) is 30.2 Å². The largest absolute Gasteiger partial charge is 0.444 e. The van der Waals surface area contributed by atoms with Gasteiger partial charge in [0.05, 0.1) is 0 Å². The van der Waals surface area contributed by atoms with Crippen molar-refractivity contribution in [1.82, 2.24) is 0 Å². The second-order valence-corrected chi connectivity index (χ2v) is 7.70. The highest BCUT2D eigenvalue weighted by Crippen LogP contribution is 2.36. The number of rotatable bonds is 3. The lowest BCUT2D eigenvalue weighted by atomic mass is 9.97. The molecule has 4 nitrogen and oxygen atoms in total. The predicted octanol–water partition coefficient (Wildman–Crippen LogP) is 3.84. The van der Waals surface area contributed by atoms with E-state index in [0.717, 1.165) is 38.3 Å². The number of hydrogen-bond acceptors (Lipinski definition) is 3. The van der Waals surface area contributed by atoms with E-state index < -0.39 is 0 Å². The molecule has 1 aliphatic rings. The standard InChI is InChI=1S/C25H20FNO3/c1-16-24-19(14-27(15-29-24)13-18-9-5-6-10-22(18)26)11-21-20(12-23(28)30-25(16)21)17-7-3-2-4-8-17/h2-12H,13-15H2,1H3/p+1. The van der Waals surface area contributed by atoms with Crippen molar-refractivity contribution in [3.05, 3.63) is 99.7 Å². The van der Waals surface area contributed by atoms with E-state index in [-0.39, 0.29) is 11.4 Å². The maximum Gasteiger partial charge on any atom is 0.336 e. The number of aryl methyl sites for hydroxylation is 1. The molecule has 2 heterocycles. The second kappa shape index (κ2) is 7.43. The first-order chi connectivity index (χ1) is 14.6. The van der Waals surface area contributed by atoms with Gasteiger partial charge < -0.3 is 9.15 Å². The predicted molar refractivity (Wildman–Crippen MR) is 113 cm³/mol. The molecule has 0 saturated heterocycles. The van der Waals surface area contributed by atoms with E-state index >= 15 is 0 Å². The van der Waals surface area contributed by atoms with E-state index in [9.17, 15) is 9.18 Å². The topological polar surface area (TPSA) is 43.9 Å². The van der Waals surface area contributed by atoms with E-state index in [1.54, 1.807) is 6.07 Å². The van der Waals surface area contributed by atoms with Crippen molar-refractivity contribution in [3.63, 3.8) is 0 Å². The minimum Gasteiger partial charge on any atom is -0.444 e. The summed E-state index contributed by atoms with van der Waals surface area (Å²) in [6.45, 7) is 3.59. The molecule has 5 rings (SSSR count). The SMILES string of the molecule is Cc1c2c(cc3c(-c4ccccc4)cc(=O)oc13)C[NH+](Cc1ccccc1F)CO2. The van der Waals surface area contributed by atoms with Gasteiger partial charge in [0.25, 0.3) is 0 Å². The maximum atomic E-state index is 14.1. The van der Waals surface area contributed by atoms with Crippen molar-refractivity contribution >= 4 is 11.0 Å². The fourth-order valence-corrected chi connectivity index (χ4v) is 4.22. The molecule has 1 N–H and O–H groups in total. The number of hydrogen-bond donors (Lipinski definition) is 1. The third-order valence-electron chi connectivity index (χ3n) is 5.64. The summed E-state index contributed by atoms with van der Waals surface area (Å²) in [4.78, 5) is 13.4. The van der Waals surface area contributed by atoms with Crippen LogP contribution in [0, 0.1) is 12.7 Å². The fraction of sp³-hybridized carbons (Fsp3) is 0.160. The monoisotopic (exact) mass is 402 g/mol. The Morgan fingerprint density at radius 3 is 2.60 bits per heavy atom. The Bertz CT molecular complexity index is 1300. The second-order valence-electron chi connectivity index (χ2n) is 7.70. The maximum absolute atomic E-state index is 14.1. The number of nitrogens with one attached hydrogen (secondary N) is 1. The molecule has 150 valence electrons. The number of ether oxygens (including phenoxy) is 1. The molecule has 1 unspecified atom stereocenters. The Morgan fingerprint density at radius 2 is 1.80 bits per heavy atom. The Hall–Kier alpha value is -3.44. The van der Waals surface area contributed by atoms with Crippen LogP contribution in [0.25, 0.3) is 22.1 Å². The van der Waals surface area contributed by atoms with Crippen LogP contribution < -0.4 is 15.3 Å². The van der Waals surface area contributed by atoms with Crippen LogP contribution in [0.5, 0.6) is 5.75 Å². The number of fused-ring (bicyclic) bond motifs is 2. The van der Waals surface area contributed by atoms with E-state index in [0.29, 0.717) is 31.0 Å². The lowest BCUT2D eigenvalue weighted by Gasteiger charge is -2.28. The zero-order valence-corrected chi connectivity index (χ0v) is 16.6. The van der Waals surface area contributed by atoms with Gasteiger partial charge in [-0.2, -0.15) is 0 Å². The van der Waals surface area contributed by atoms with Crippen molar-refractivity contribution in [3.8, 4) is 16.9 Å². The number of benzene rings is 3. The van der Waals surface area contributed by atoms with Gasteiger partial charge in [-0.25, -0.2) is 9.18 Å². The number of quaternary nitrogens is 1. The quantitative estimate of drug-likeness (QED) is 0.530. The molecule has 4 aromatic rings. The molecule has 0 bridgehead atoms. The molecule has 0 aliphatic carbocycles. The summed E-state index contributed by atoms with van der Waals surface area (Å²) in [7, 11) is 0. The molecular weight excluding hydrogens is 381 g/mol. The zero-order valence-electron chi connectivity index (χ0n) is 16.6. The number of halogens is 1. The Balaban J connectivity index is 1.59. The highest BCUT2D eigenvalue weighted by atomic mass is 19.1. The lowest BCUT2D eigenvalue weighted by molar-refractivity contribution is -0.945. The van der Waals surface area contributed by atoms with Crippen LogP contribution in [0.1, 0.15) is 16.7 Å². The molecular formula is C25H21FNO3+. The van der Waals surface area contributed by atoms with Gasteiger partial charge in [-0.15, -0.1) is 0 Å². The molecule has 0 saturated carbocycles. The van der Waals surface area contributed by atoms with Gasteiger partial charge >= 0.3 is 5.63 Å². The normalized spacial score (nSPS) is 15.6. The summed E-state index contributed by atoms with van der Waals surface area (Å²) in [5.74, 6) is 0.562. The van der Waals surface area contributed by atoms with Crippen molar-refractivity contribution in [1.29, 1.82) is 0 Å². The molecule has 0 amide bonds. The van der Waals surface area contributed by atoms with Crippen LogP contribution >= 0.6 is 0 Å². The first-order valence-electron chi connectivity index (χ1n) is 9.95. The fourth-order valence-electron chi connectivity index (χ4n) is 4.22. The Morgan fingerprint density at radius 1 is 1.03 bits per heavy atom. The van der Waals surface area contributed by atoms with Crippen LogP contribution in [0.4, 0.5) is 4.39 Å². The summed E-state index contributed by atoms with van der Waals surface area (Å²) >= 11 is 0. The highest BCUT2D eigenvalue weighted by Gasteiger charge is 2.26. The third kappa shape index (κ3) is 3.27. The zero-order chi connectivity index (χ0) is 20.7. The first kappa shape index (κ1) is 18.6. The van der Waals surface area contributed by atoms with Crippen LogP contribution in [0.3, 0.4) is 0 Å². The molecule has 0 radical (unpaired) electrons. The Kier molecular flexibility index (Phi) is 4.60. The molecule has 1 atom stereocenters. The summed E-state index contributed by atoms with van der Waals surface area (Å²) in [6.07, 6.45) is 0. The van der Waals surface area contributed by atoms with Gasteiger partial charge in [0.2, 0.25) is 6.73 Å². The van der Waals surface area contributed by atoms with E-state index in [4.69, 9.17) is 9.15 Å². The van der Waals surface area contributed by atoms with Gasteiger partial charge in [-0.1, -0.05) is 48.5 Å². The molecule has 30 heavy (non-hydrogen) atoms. The van der Waals surface area contributed by atoms with Crippen molar-refractivity contribution in [2.45, 2.75) is 20.0 Å². The third-order valence-corrected chi connectivity index (χ3v) is 5.64. The average Bonchev–Trinajstić information content (AvgIpc) is 2.76. The molecule has 1 aromatic heterocycles. The molecule has 0 fully saturated rings.